The summed E-state index contributed by atoms with van der Waals surface area (Å²) in [6.45, 7) is 5.19. The van der Waals surface area contributed by atoms with Gasteiger partial charge in [-0.1, -0.05) is 24.3 Å². The molecule has 0 radical (unpaired) electrons. The van der Waals surface area contributed by atoms with E-state index in [0.29, 0.717) is 13.2 Å². The molecule has 0 atom stereocenters. The number of amides is 1. The highest BCUT2D eigenvalue weighted by Crippen LogP contribution is 2.17. The van der Waals surface area contributed by atoms with E-state index < -0.39 is 0 Å². The summed E-state index contributed by atoms with van der Waals surface area (Å²) in [4.78, 5) is 12.2. The molecule has 0 saturated carbocycles. The highest BCUT2D eigenvalue weighted by Gasteiger charge is 2.04. The first-order chi connectivity index (χ1) is 14.1. The summed E-state index contributed by atoms with van der Waals surface area (Å²) in [5, 5.41) is 6.03. The van der Waals surface area contributed by atoms with E-state index >= 15 is 0 Å². The lowest BCUT2D eigenvalue weighted by molar-refractivity contribution is -0.114. The molecule has 0 unspecified atom stereocenters. The van der Waals surface area contributed by atoms with Crippen LogP contribution in [0.1, 0.15) is 11.1 Å². The quantitative estimate of drug-likeness (QED) is 0.515. The van der Waals surface area contributed by atoms with E-state index in [0.717, 1.165) is 34.0 Å². The number of nitrogens with one attached hydrogen (secondary N) is 2. The summed E-state index contributed by atoms with van der Waals surface area (Å²) in [6, 6.07) is 23.1. The molecule has 0 aliphatic rings. The van der Waals surface area contributed by atoms with Crippen molar-refractivity contribution < 1.29 is 14.3 Å². The van der Waals surface area contributed by atoms with E-state index in [9.17, 15) is 4.79 Å². The van der Waals surface area contributed by atoms with Gasteiger partial charge in [-0.05, 0) is 73.5 Å². The molecule has 3 aromatic carbocycles. The third-order valence-corrected chi connectivity index (χ3v) is 4.18. The van der Waals surface area contributed by atoms with Crippen LogP contribution in [0.25, 0.3) is 0 Å². The molecular weight excluding hydrogens is 364 g/mol. The molecule has 3 rings (SSSR count). The molecule has 150 valence electrons. The lowest BCUT2D eigenvalue weighted by Gasteiger charge is -2.11. The molecule has 0 aliphatic carbocycles. The monoisotopic (exact) mass is 390 g/mol. The van der Waals surface area contributed by atoms with Gasteiger partial charge >= 0.3 is 0 Å². The van der Waals surface area contributed by atoms with Crippen LogP contribution in [0.4, 0.5) is 11.4 Å². The number of hydrogen-bond donors (Lipinski definition) is 2. The number of para-hydroxylation sites is 1. The lowest BCUT2D eigenvalue weighted by Crippen LogP contribution is -2.21. The summed E-state index contributed by atoms with van der Waals surface area (Å²) in [7, 11) is 0. The molecule has 2 N–H and O–H groups in total. The number of ether oxygens (including phenoxy) is 2. The van der Waals surface area contributed by atoms with Gasteiger partial charge in [0.1, 0.15) is 24.7 Å². The molecule has 0 spiro atoms. The highest BCUT2D eigenvalue weighted by atomic mass is 16.5. The Kier molecular flexibility index (Phi) is 7.11. The maximum Gasteiger partial charge on any atom is 0.243 e. The van der Waals surface area contributed by atoms with Crippen molar-refractivity contribution in [1.29, 1.82) is 0 Å². The number of rotatable bonds is 9. The Hall–Kier alpha value is -3.47. The number of hydrogen-bond acceptors (Lipinski definition) is 4. The Bertz CT molecular complexity index is 904. The molecule has 0 heterocycles. The Balaban J connectivity index is 1.39. The second-order valence-corrected chi connectivity index (χ2v) is 6.81. The van der Waals surface area contributed by atoms with Crippen molar-refractivity contribution >= 4 is 17.3 Å². The maximum absolute atomic E-state index is 12.2. The minimum atomic E-state index is -0.103. The van der Waals surface area contributed by atoms with Crippen LogP contribution in [0.5, 0.6) is 11.5 Å². The van der Waals surface area contributed by atoms with Crippen molar-refractivity contribution in [3.05, 3.63) is 83.9 Å². The molecular formula is C24H26N2O3. The minimum absolute atomic E-state index is 0.103. The lowest BCUT2D eigenvalue weighted by atomic mass is 10.1. The zero-order valence-electron chi connectivity index (χ0n) is 16.8. The standard InChI is InChI=1S/C24H26N2O3/c1-18-14-19(2)16-21(15-18)25-17-24(27)26-20-8-10-23(11-9-20)29-13-12-28-22-6-4-3-5-7-22/h3-11,14-16,25H,12-13,17H2,1-2H3,(H,26,27). The van der Waals surface area contributed by atoms with E-state index in [4.69, 9.17) is 9.47 Å². The van der Waals surface area contributed by atoms with Crippen LogP contribution in [-0.4, -0.2) is 25.7 Å². The molecule has 0 aromatic heterocycles. The van der Waals surface area contributed by atoms with Crippen LogP contribution in [0.15, 0.2) is 72.8 Å². The number of carbonyl (C=O) groups is 1. The van der Waals surface area contributed by atoms with Crippen molar-refractivity contribution in [3.63, 3.8) is 0 Å². The highest BCUT2D eigenvalue weighted by molar-refractivity contribution is 5.93. The smallest absolute Gasteiger partial charge is 0.243 e. The van der Waals surface area contributed by atoms with E-state index in [1.165, 1.54) is 0 Å². The molecule has 5 nitrogen and oxygen atoms in total. The van der Waals surface area contributed by atoms with Crippen LogP contribution in [0, 0.1) is 13.8 Å². The van der Waals surface area contributed by atoms with Gasteiger partial charge in [-0.3, -0.25) is 4.79 Å². The predicted octanol–water partition coefficient (Wildman–Crippen LogP) is 4.81. The molecule has 0 aliphatic heterocycles. The first-order valence-corrected chi connectivity index (χ1v) is 9.61. The van der Waals surface area contributed by atoms with E-state index in [2.05, 4.69) is 16.7 Å². The third kappa shape index (κ3) is 6.88. The van der Waals surface area contributed by atoms with Crippen molar-refractivity contribution in [2.45, 2.75) is 13.8 Å². The van der Waals surface area contributed by atoms with Crippen molar-refractivity contribution in [1.82, 2.24) is 0 Å². The van der Waals surface area contributed by atoms with Gasteiger partial charge in [-0.25, -0.2) is 0 Å². The van der Waals surface area contributed by atoms with Gasteiger partial charge in [0.2, 0.25) is 5.91 Å². The van der Waals surface area contributed by atoms with E-state index in [-0.39, 0.29) is 12.5 Å². The molecule has 29 heavy (non-hydrogen) atoms. The summed E-state index contributed by atoms with van der Waals surface area (Å²) in [5.74, 6) is 1.45. The summed E-state index contributed by atoms with van der Waals surface area (Å²) < 4.78 is 11.3. The zero-order chi connectivity index (χ0) is 20.5. The van der Waals surface area contributed by atoms with Crippen LogP contribution < -0.4 is 20.1 Å². The van der Waals surface area contributed by atoms with Gasteiger partial charge in [0, 0.05) is 11.4 Å². The fourth-order valence-corrected chi connectivity index (χ4v) is 2.93. The van der Waals surface area contributed by atoms with Gasteiger partial charge in [-0.2, -0.15) is 0 Å². The second-order valence-electron chi connectivity index (χ2n) is 6.81. The number of anilines is 2. The molecule has 0 bridgehead atoms. The van der Waals surface area contributed by atoms with E-state index in [1.54, 1.807) is 0 Å². The molecule has 1 amide bonds. The van der Waals surface area contributed by atoms with Gasteiger partial charge in [0.05, 0.1) is 6.54 Å². The fourth-order valence-electron chi connectivity index (χ4n) is 2.93. The van der Waals surface area contributed by atoms with Crippen molar-refractivity contribution in [3.8, 4) is 11.5 Å². The normalized spacial score (nSPS) is 10.3. The van der Waals surface area contributed by atoms with Crippen molar-refractivity contribution in [2.75, 3.05) is 30.4 Å². The summed E-state index contributed by atoms with van der Waals surface area (Å²) in [6.07, 6.45) is 0. The SMILES string of the molecule is Cc1cc(C)cc(NCC(=O)Nc2ccc(OCCOc3ccccc3)cc2)c1. The van der Waals surface area contributed by atoms with Crippen molar-refractivity contribution in [2.24, 2.45) is 0 Å². The van der Waals surface area contributed by atoms with Crippen LogP contribution >= 0.6 is 0 Å². The minimum Gasteiger partial charge on any atom is -0.490 e. The van der Waals surface area contributed by atoms with Crippen LogP contribution in [-0.2, 0) is 4.79 Å². The topological polar surface area (TPSA) is 59.6 Å². The Labute approximate surface area is 171 Å². The maximum atomic E-state index is 12.2. The summed E-state index contributed by atoms with van der Waals surface area (Å²) in [5.41, 5.74) is 4.00. The largest absolute Gasteiger partial charge is 0.490 e. The average Bonchev–Trinajstić information content (AvgIpc) is 2.71. The number of carbonyl (C=O) groups excluding carboxylic acids is 1. The van der Waals surface area contributed by atoms with Gasteiger partial charge in [0.25, 0.3) is 0 Å². The Morgan fingerprint density at radius 3 is 1.97 bits per heavy atom. The van der Waals surface area contributed by atoms with Gasteiger partial charge in [-0.15, -0.1) is 0 Å². The second kappa shape index (κ2) is 10.2. The zero-order valence-corrected chi connectivity index (χ0v) is 16.8. The number of benzene rings is 3. The average molecular weight is 390 g/mol. The Morgan fingerprint density at radius 2 is 1.34 bits per heavy atom. The Morgan fingerprint density at radius 1 is 0.759 bits per heavy atom. The van der Waals surface area contributed by atoms with Crippen LogP contribution in [0.3, 0.4) is 0 Å². The predicted molar refractivity (Wildman–Crippen MR) is 117 cm³/mol. The van der Waals surface area contributed by atoms with E-state index in [1.807, 2.05) is 80.6 Å². The van der Waals surface area contributed by atoms with Gasteiger partial charge in [0.15, 0.2) is 0 Å². The van der Waals surface area contributed by atoms with Crippen LogP contribution in [0.2, 0.25) is 0 Å². The molecule has 0 fully saturated rings. The third-order valence-electron chi connectivity index (χ3n) is 4.18. The fraction of sp³-hybridized carbons (Fsp3) is 0.208. The first kappa shape index (κ1) is 20.3. The summed E-state index contributed by atoms with van der Waals surface area (Å²) >= 11 is 0. The molecule has 5 heteroatoms. The molecule has 3 aromatic rings. The molecule has 0 saturated heterocycles. The number of aryl methyl sites for hydroxylation is 2. The first-order valence-electron chi connectivity index (χ1n) is 9.61. The van der Waals surface area contributed by atoms with Gasteiger partial charge < -0.3 is 20.1 Å².